The molecule has 0 bridgehead atoms. The number of rotatable bonds is 6. The standard InChI is InChI=1S/C16H20N4O3S/c1-3-14-17-16(19-18-14)24-10-15(21)20(2)8-11-9-22-12-6-4-5-7-13(12)23-11/h4-7,11H,3,8-10H2,1-2H3,(H,17,18,19). The number of hydrogen-bond acceptors (Lipinski definition) is 6. The van der Waals surface area contributed by atoms with Crippen LogP contribution in [0, 0.1) is 0 Å². The highest BCUT2D eigenvalue weighted by molar-refractivity contribution is 7.99. The van der Waals surface area contributed by atoms with Gasteiger partial charge in [-0.25, -0.2) is 4.98 Å². The lowest BCUT2D eigenvalue weighted by atomic mass is 10.2. The van der Waals surface area contributed by atoms with Crippen LogP contribution in [0.15, 0.2) is 29.4 Å². The van der Waals surface area contributed by atoms with Gasteiger partial charge in [0.1, 0.15) is 12.4 Å². The van der Waals surface area contributed by atoms with Crippen molar-refractivity contribution in [3.05, 3.63) is 30.1 Å². The predicted molar refractivity (Wildman–Crippen MR) is 90.5 cm³/mol. The van der Waals surface area contributed by atoms with Crippen LogP contribution in [0.1, 0.15) is 12.7 Å². The number of aromatic amines is 1. The van der Waals surface area contributed by atoms with Gasteiger partial charge in [-0.05, 0) is 12.1 Å². The minimum atomic E-state index is -0.172. The molecule has 0 saturated carbocycles. The van der Waals surface area contributed by atoms with Gasteiger partial charge >= 0.3 is 0 Å². The van der Waals surface area contributed by atoms with Crippen LogP contribution in [0.4, 0.5) is 0 Å². The number of fused-ring (bicyclic) bond motifs is 1. The normalized spacial score (nSPS) is 16.0. The van der Waals surface area contributed by atoms with Gasteiger partial charge in [-0.1, -0.05) is 30.8 Å². The summed E-state index contributed by atoms with van der Waals surface area (Å²) in [5.74, 6) is 2.59. The highest BCUT2D eigenvalue weighted by Gasteiger charge is 2.23. The third kappa shape index (κ3) is 4.00. The summed E-state index contributed by atoms with van der Waals surface area (Å²) in [7, 11) is 1.77. The zero-order valence-corrected chi connectivity index (χ0v) is 14.5. The third-order valence-electron chi connectivity index (χ3n) is 3.64. The maximum atomic E-state index is 12.3. The maximum absolute atomic E-state index is 12.3. The number of benzene rings is 1. The number of amides is 1. The molecular formula is C16H20N4O3S. The number of likely N-dealkylation sites (N-methyl/N-ethyl adjacent to an activating group) is 1. The van der Waals surface area contributed by atoms with E-state index in [2.05, 4.69) is 15.2 Å². The molecule has 3 rings (SSSR count). The van der Waals surface area contributed by atoms with Crippen LogP contribution in [-0.2, 0) is 11.2 Å². The number of thioether (sulfide) groups is 1. The largest absolute Gasteiger partial charge is 0.486 e. The summed E-state index contributed by atoms with van der Waals surface area (Å²) in [5.41, 5.74) is 0. The third-order valence-corrected chi connectivity index (χ3v) is 4.47. The fourth-order valence-corrected chi connectivity index (χ4v) is 3.06. The molecule has 0 saturated heterocycles. The van der Waals surface area contributed by atoms with Crippen LogP contribution in [0.25, 0.3) is 0 Å². The maximum Gasteiger partial charge on any atom is 0.232 e. The monoisotopic (exact) mass is 348 g/mol. The average Bonchev–Trinajstić information content (AvgIpc) is 3.07. The topological polar surface area (TPSA) is 80.3 Å². The zero-order chi connectivity index (χ0) is 16.9. The first-order chi connectivity index (χ1) is 11.7. The van der Waals surface area contributed by atoms with E-state index in [0.717, 1.165) is 23.7 Å². The van der Waals surface area contributed by atoms with Gasteiger partial charge in [0.15, 0.2) is 17.6 Å². The smallest absolute Gasteiger partial charge is 0.232 e. The number of para-hydroxylation sites is 2. The van der Waals surface area contributed by atoms with Crippen LogP contribution in [0.3, 0.4) is 0 Å². The Morgan fingerprint density at radius 2 is 2.21 bits per heavy atom. The Hall–Kier alpha value is -2.22. The first-order valence-electron chi connectivity index (χ1n) is 7.82. The minimum absolute atomic E-state index is 0.00491. The van der Waals surface area contributed by atoms with Gasteiger partial charge in [0.2, 0.25) is 11.1 Å². The van der Waals surface area contributed by atoms with Crippen LogP contribution >= 0.6 is 11.8 Å². The van der Waals surface area contributed by atoms with Crippen molar-refractivity contribution >= 4 is 17.7 Å². The van der Waals surface area contributed by atoms with E-state index in [1.165, 1.54) is 11.8 Å². The Balaban J connectivity index is 1.48. The summed E-state index contributed by atoms with van der Waals surface area (Å²) >= 11 is 1.33. The Bertz CT molecular complexity index is 706. The van der Waals surface area contributed by atoms with Crippen molar-refractivity contribution < 1.29 is 14.3 Å². The Morgan fingerprint density at radius 1 is 1.42 bits per heavy atom. The number of aromatic nitrogens is 3. The zero-order valence-electron chi connectivity index (χ0n) is 13.7. The first-order valence-corrected chi connectivity index (χ1v) is 8.80. The fourth-order valence-electron chi connectivity index (χ4n) is 2.30. The summed E-state index contributed by atoms with van der Waals surface area (Å²) in [6.45, 7) is 2.91. The number of carbonyl (C=O) groups excluding carboxylic acids is 1. The fraction of sp³-hybridized carbons (Fsp3) is 0.438. The Kier molecular flexibility index (Phi) is 5.24. The molecule has 1 atom stereocenters. The summed E-state index contributed by atoms with van der Waals surface area (Å²) in [6.07, 6.45) is 0.621. The summed E-state index contributed by atoms with van der Waals surface area (Å²) in [5, 5.41) is 7.51. The highest BCUT2D eigenvalue weighted by atomic mass is 32.2. The molecule has 0 spiro atoms. The molecule has 0 fully saturated rings. The van der Waals surface area contributed by atoms with E-state index in [0.29, 0.717) is 24.1 Å². The van der Waals surface area contributed by atoms with Gasteiger partial charge in [-0.3, -0.25) is 9.89 Å². The van der Waals surface area contributed by atoms with Crippen LogP contribution in [-0.4, -0.2) is 58.0 Å². The van der Waals surface area contributed by atoms with E-state index in [1.807, 2.05) is 31.2 Å². The van der Waals surface area contributed by atoms with Gasteiger partial charge in [-0.2, -0.15) is 0 Å². The molecule has 1 aliphatic heterocycles. The van der Waals surface area contributed by atoms with Crippen molar-refractivity contribution in [1.82, 2.24) is 20.1 Å². The number of nitrogens with zero attached hydrogens (tertiary/aromatic N) is 3. The molecule has 1 N–H and O–H groups in total. The SMILES string of the molecule is CCc1nc(SCC(=O)N(C)CC2COc3ccccc3O2)n[nH]1. The molecule has 7 nitrogen and oxygen atoms in total. The number of H-pyrrole nitrogens is 1. The van der Waals surface area contributed by atoms with Crippen LogP contribution < -0.4 is 9.47 Å². The van der Waals surface area contributed by atoms with Crippen molar-refractivity contribution in [2.75, 3.05) is 26.0 Å². The lowest BCUT2D eigenvalue weighted by Crippen LogP contribution is -2.42. The van der Waals surface area contributed by atoms with E-state index < -0.39 is 0 Å². The van der Waals surface area contributed by atoms with Gasteiger partial charge in [0.05, 0.1) is 12.3 Å². The average molecular weight is 348 g/mol. The Labute approximate surface area is 144 Å². The minimum Gasteiger partial charge on any atom is -0.486 e. The molecule has 0 radical (unpaired) electrons. The number of aryl methyl sites for hydroxylation is 1. The number of nitrogens with one attached hydrogen (secondary N) is 1. The van der Waals surface area contributed by atoms with Gasteiger partial charge in [-0.15, -0.1) is 5.10 Å². The van der Waals surface area contributed by atoms with Gasteiger partial charge < -0.3 is 14.4 Å². The van der Waals surface area contributed by atoms with Crippen molar-refractivity contribution in [3.63, 3.8) is 0 Å². The quantitative estimate of drug-likeness (QED) is 0.801. The lowest BCUT2D eigenvalue weighted by Gasteiger charge is -2.29. The van der Waals surface area contributed by atoms with Crippen molar-refractivity contribution in [2.24, 2.45) is 0 Å². The second-order valence-corrected chi connectivity index (χ2v) is 6.42. The second-order valence-electron chi connectivity index (χ2n) is 5.48. The van der Waals surface area contributed by atoms with Crippen LogP contribution in [0.5, 0.6) is 11.5 Å². The van der Waals surface area contributed by atoms with Crippen molar-refractivity contribution in [3.8, 4) is 11.5 Å². The molecule has 1 unspecified atom stereocenters. The van der Waals surface area contributed by atoms with Crippen molar-refractivity contribution in [1.29, 1.82) is 0 Å². The van der Waals surface area contributed by atoms with Crippen LogP contribution in [0.2, 0.25) is 0 Å². The molecule has 24 heavy (non-hydrogen) atoms. The molecule has 8 heteroatoms. The summed E-state index contributed by atoms with van der Waals surface area (Å²) in [4.78, 5) is 18.2. The molecule has 2 aromatic rings. The summed E-state index contributed by atoms with van der Waals surface area (Å²) < 4.78 is 11.5. The van der Waals surface area contributed by atoms with E-state index >= 15 is 0 Å². The van der Waals surface area contributed by atoms with Crippen molar-refractivity contribution in [2.45, 2.75) is 24.6 Å². The molecule has 1 aromatic carbocycles. The van der Waals surface area contributed by atoms with E-state index in [4.69, 9.17) is 9.47 Å². The molecule has 1 amide bonds. The van der Waals surface area contributed by atoms with E-state index in [9.17, 15) is 4.79 Å². The number of ether oxygens (including phenoxy) is 2. The molecule has 1 aromatic heterocycles. The molecule has 0 aliphatic carbocycles. The second kappa shape index (κ2) is 7.57. The van der Waals surface area contributed by atoms with E-state index in [-0.39, 0.29) is 12.0 Å². The number of hydrogen-bond donors (Lipinski definition) is 1. The molecule has 128 valence electrons. The Morgan fingerprint density at radius 3 is 2.96 bits per heavy atom. The molecule has 2 heterocycles. The van der Waals surface area contributed by atoms with Gasteiger partial charge in [0.25, 0.3) is 0 Å². The molecule has 1 aliphatic rings. The predicted octanol–water partition coefficient (Wildman–Crippen LogP) is 1.76. The molecular weight excluding hydrogens is 328 g/mol. The first kappa shape index (κ1) is 16.6. The lowest BCUT2D eigenvalue weighted by molar-refractivity contribution is -0.128. The summed E-state index contributed by atoms with van der Waals surface area (Å²) in [6, 6.07) is 7.55. The number of carbonyl (C=O) groups is 1. The highest BCUT2D eigenvalue weighted by Crippen LogP contribution is 2.31. The van der Waals surface area contributed by atoms with Gasteiger partial charge in [0, 0.05) is 13.5 Å². The van der Waals surface area contributed by atoms with E-state index in [1.54, 1.807) is 11.9 Å².